The minimum atomic E-state index is 0.772. The number of pyridine rings is 1. The number of hydrogen-bond acceptors (Lipinski definition) is 4. The van der Waals surface area contributed by atoms with Crippen molar-refractivity contribution in [3.63, 3.8) is 0 Å². The highest BCUT2D eigenvalue weighted by Gasteiger charge is 2.27. The maximum Gasteiger partial charge on any atom is 0.137 e. The summed E-state index contributed by atoms with van der Waals surface area (Å²) in [7, 11) is 2.16. The summed E-state index contributed by atoms with van der Waals surface area (Å²) in [6.07, 6.45) is 1.91. The van der Waals surface area contributed by atoms with Crippen LogP contribution in [0.2, 0.25) is 0 Å². The number of hydrogen-bond donors (Lipinski definition) is 0. The van der Waals surface area contributed by atoms with Crippen LogP contribution in [0.3, 0.4) is 0 Å². The minimum absolute atomic E-state index is 0.772. The van der Waals surface area contributed by atoms with Gasteiger partial charge < -0.3 is 14.7 Å². The second-order valence-corrected chi connectivity index (χ2v) is 14.3. The van der Waals surface area contributed by atoms with Crippen molar-refractivity contribution < 1.29 is 0 Å². The maximum atomic E-state index is 4.90. The van der Waals surface area contributed by atoms with Crippen molar-refractivity contribution >= 4 is 55.9 Å². The van der Waals surface area contributed by atoms with Crippen LogP contribution in [0.4, 0.5) is 34.1 Å². The molecule has 0 saturated heterocycles. The first kappa shape index (κ1) is 32.5. The molecule has 0 fully saturated rings. The number of nitrogens with zero attached hydrogens (tertiary/aromatic N) is 5. The largest absolute Gasteiger partial charge is 0.355 e. The van der Waals surface area contributed by atoms with Gasteiger partial charge in [-0.15, -0.1) is 0 Å². The van der Waals surface area contributed by atoms with Crippen LogP contribution in [0, 0.1) is 6.92 Å². The van der Waals surface area contributed by atoms with E-state index in [9.17, 15) is 0 Å². The summed E-state index contributed by atoms with van der Waals surface area (Å²) in [6.45, 7) is 2.90. The van der Waals surface area contributed by atoms with Gasteiger partial charge in [-0.2, -0.15) is 0 Å². The molecule has 5 nitrogen and oxygen atoms in total. The van der Waals surface area contributed by atoms with Crippen LogP contribution in [-0.4, -0.2) is 23.3 Å². The van der Waals surface area contributed by atoms with Gasteiger partial charge in [-0.25, -0.2) is 4.98 Å². The third-order valence-electron chi connectivity index (χ3n) is 10.8. The number of rotatable bonds is 7. The summed E-state index contributed by atoms with van der Waals surface area (Å²) in [5.74, 6) is 0.906. The zero-order valence-corrected chi connectivity index (χ0v) is 30.8. The van der Waals surface area contributed by atoms with Crippen LogP contribution in [0.1, 0.15) is 5.56 Å². The van der Waals surface area contributed by atoms with Crippen LogP contribution in [0.15, 0.2) is 188 Å². The van der Waals surface area contributed by atoms with Gasteiger partial charge in [0, 0.05) is 52.2 Å². The van der Waals surface area contributed by atoms with Crippen molar-refractivity contribution in [1.29, 1.82) is 0 Å². The van der Waals surface area contributed by atoms with Crippen LogP contribution in [0.25, 0.3) is 49.9 Å². The lowest BCUT2D eigenvalue weighted by Crippen LogP contribution is -2.24. The molecule has 0 unspecified atom stereocenters. The van der Waals surface area contributed by atoms with Crippen molar-refractivity contribution in [3.05, 3.63) is 194 Å². The topological polar surface area (TPSA) is 27.5 Å². The van der Waals surface area contributed by atoms with Crippen LogP contribution in [-0.2, 0) is 0 Å². The van der Waals surface area contributed by atoms with E-state index in [1.165, 1.54) is 27.7 Å². The molecule has 0 N–H and O–H groups in total. The first-order valence-electron chi connectivity index (χ1n) is 18.8. The summed E-state index contributed by atoms with van der Waals surface area (Å²) in [5.41, 5.74) is 14.8. The van der Waals surface area contributed by atoms with E-state index in [-0.39, 0.29) is 0 Å². The number of fused-ring (bicyclic) bond motifs is 4. The summed E-state index contributed by atoms with van der Waals surface area (Å²) in [6, 6.07) is 65.7. The van der Waals surface area contributed by atoms with Crippen molar-refractivity contribution in [1.82, 2.24) is 9.55 Å². The van der Waals surface area contributed by atoms with E-state index in [0.717, 1.165) is 68.5 Å². The highest BCUT2D eigenvalue weighted by atomic mass is 15.4. The summed E-state index contributed by atoms with van der Waals surface area (Å²) in [4.78, 5) is 12.1. The van der Waals surface area contributed by atoms with Gasteiger partial charge in [-0.3, -0.25) is 4.57 Å². The fourth-order valence-corrected chi connectivity index (χ4v) is 8.28. The molecule has 5 heteroatoms. The van der Waals surface area contributed by atoms with Crippen LogP contribution < -0.4 is 14.7 Å². The van der Waals surface area contributed by atoms with E-state index in [4.69, 9.17) is 4.98 Å². The van der Waals surface area contributed by atoms with E-state index in [2.05, 4.69) is 215 Å². The molecule has 2 aromatic heterocycles. The Morgan fingerprint density at radius 3 is 1.91 bits per heavy atom. The van der Waals surface area contributed by atoms with Gasteiger partial charge in [0.2, 0.25) is 0 Å². The molecule has 0 spiro atoms. The average Bonchev–Trinajstić information content (AvgIpc) is 3.76. The Kier molecular flexibility index (Phi) is 7.92. The van der Waals surface area contributed by atoms with Crippen LogP contribution >= 0.6 is 0 Å². The third kappa shape index (κ3) is 5.60. The van der Waals surface area contributed by atoms with Gasteiger partial charge in [0.05, 0.1) is 34.8 Å². The van der Waals surface area contributed by atoms with Crippen molar-refractivity contribution in [2.75, 3.05) is 28.4 Å². The van der Waals surface area contributed by atoms with E-state index in [1.54, 1.807) is 0 Å². The SMILES string of the molecule is Cc1ccnc(-n2c3ccccc3c3ccc(N(c4cccc(N5CN(C)c6ccccc65)c4)c4c(-c5ccccc5)cccc4-c4ccccc4)cc32)c1. The highest BCUT2D eigenvalue weighted by molar-refractivity contribution is 6.11. The Morgan fingerprint density at radius 2 is 1.16 bits per heavy atom. The third-order valence-corrected chi connectivity index (χ3v) is 10.8. The number of anilines is 6. The summed E-state index contributed by atoms with van der Waals surface area (Å²) in [5, 5.41) is 2.39. The van der Waals surface area contributed by atoms with Crippen molar-refractivity contribution in [3.8, 4) is 28.1 Å². The fraction of sp³-hybridized carbons (Fsp3) is 0.0600. The molecule has 3 heterocycles. The molecule has 10 rings (SSSR count). The highest BCUT2D eigenvalue weighted by Crippen LogP contribution is 2.49. The lowest BCUT2D eigenvalue weighted by Gasteiger charge is -2.31. The Morgan fingerprint density at radius 1 is 0.527 bits per heavy atom. The van der Waals surface area contributed by atoms with Gasteiger partial charge in [-0.1, -0.05) is 121 Å². The van der Waals surface area contributed by atoms with Gasteiger partial charge in [0.15, 0.2) is 0 Å². The Balaban J connectivity index is 1.27. The second kappa shape index (κ2) is 13.4. The van der Waals surface area contributed by atoms with Gasteiger partial charge >= 0.3 is 0 Å². The first-order valence-corrected chi connectivity index (χ1v) is 18.8. The summed E-state index contributed by atoms with van der Waals surface area (Å²) < 4.78 is 2.31. The molecule has 0 atom stereocenters. The number of aryl methyl sites for hydroxylation is 1. The molecule has 1 aliphatic rings. The molecule has 0 bridgehead atoms. The van der Waals surface area contributed by atoms with Gasteiger partial charge in [0.25, 0.3) is 0 Å². The smallest absolute Gasteiger partial charge is 0.137 e. The van der Waals surface area contributed by atoms with Gasteiger partial charge in [0.1, 0.15) is 5.82 Å². The zero-order valence-electron chi connectivity index (χ0n) is 30.8. The lowest BCUT2D eigenvalue weighted by atomic mass is 9.94. The van der Waals surface area contributed by atoms with E-state index in [0.29, 0.717) is 0 Å². The number of aromatic nitrogens is 2. The molecular weight excluding hydrogens is 671 g/mol. The predicted octanol–water partition coefficient (Wildman–Crippen LogP) is 12.8. The molecule has 264 valence electrons. The Hall–Kier alpha value is -7.11. The second-order valence-electron chi connectivity index (χ2n) is 14.3. The summed E-state index contributed by atoms with van der Waals surface area (Å²) >= 11 is 0. The molecule has 9 aromatic rings. The average molecular weight is 710 g/mol. The number of benzene rings is 7. The molecule has 7 aromatic carbocycles. The molecule has 0 radical (unpaired) electrons. The maximum absolute atomic E-state index is 4.90. The molecule has 1 aliphatic heterocycles. The molecular formula is C50H39N5. The Bertz CT molecular complexity index is 2780. The normalized spacial score (nSPS) is 12.4. The van der Waals surface area contributed by atoms with Gasteiger partial charge in [-0.05, 0) is 84.3 Å². The van der Waals surface area contributed by atoms with Crippen molar-refractivity contribution in [2.24, 2.45) is 0 Å². The lowest BCUT2D eigenvalue weighted by molar-refractivity contribution is 0.949. The first-order chi connectivity index (χ1) is 27.1. The van der Waals surface area contributed by atoms with E-state index in [1.807, 2.05) is 6.20 Å². The monoisotopic (exact) mass is 709 g/mol. The molecule has 55 heavy (non-hydrogen) atoms. The molecule has 0 saturated carbocycles. The Labute approximate surface area is 321 Å². The quantitative estimate of drug-likeness (QED) is 0.165. The fourth-order valence-electron chi connectivity index (χ4n) is 8.28. The zero-order chi connectivity index (χ0) is 36.9. The molecule has 0 amide bonds. The van der Waals surface area contributed by atoms with E-state index >= 15 is 0 Å². The minimum Gasteiger partial charge on any atom is -0.355 e. The predicted molar refractivity (Wildman–Crippen MR) is 231 cm³/mol. The standard InChI is InChI=1S/C50H39N5/c1-35-29-30-51-49(31-35)55-45-24-10-9-21-43(45)44-28-27-40(33-48(44)55)54(39-20-13-19-38(32-39)53-34-52(2)46-25-11-12-26-47(46)53)50-41(36-15-5-3-6-16-36)22-14-23-42(50)37-17-7-4-8-18-37/h3-33H,34H2,1-2H3. The van der Waals surface area contributed by atoms with E-state index < -0.39 is 0 Å². The van der Waals surface area contributed by atoms with Crippen LogP contribution in [0.5, 0.6) is 0 Å². The molecule has 0 aliphatic carbocycles. The van der Waals surface area contributed by atoms with Crippen molar-refractivity contribution in [2.45, 2.75) is 6.92 Å². The number of para-hydroxylation sites is 4.